The van der Waals surface area contributed by atoms with E-state index in [2.05, 4.69) is 0 Å². The van der Waals surface area contributed by atoms with E-state index in [0.717, 1.165) is 0 Å². The van der Waals surface area contributed by atoms with Crippen LogP contribution in [0, 0.1) is 11.8 Å². The van der Waals surface area contributed by atoms with Crippen LogP contribution in [0.5, 0.6) is 0 Å². The summed E-state index contributed by atoms with van der Waals surface area (Å²) < 4.78 is 5.64. The highest BCUT2D eigenvalue weighted by molar-refractivity contribution is 5.90. The molecule has 1 spiro atoms. The van der Waals surface area contributed by atoms with Crippen LogP contribution in [0.4, 0.5) is 0 Å². The van der Waals surface area contributed by atoms with Gasteiger partial charge in [0.1, 0.15) is 11.5 Å². The van der Waals surface area contributed by atoms with Crippen molar-refractivity contribution in [2.45, 2.75) is 11.7 Å². The second kappa shape index (κ2) is 2.41. The lowest BCUT2D eigenvalue weighted by Gasteiger charge is -2.21. The molecule has 2 saturated heterocycles. The quantitative estimate of drug-likeness (QED) is 0.590. The number of rotatable bonds is 1. The zero-order valence-corrected chi connectivity index (χ0v) is 8.21. The summed E-state index contributed by atoms with van der Waals surface area (Å²) in [6.45, 7) is 0.466. The maximum Gasteiger partial charge on any atom is 0.310 e. The van der Waals surface area contributed by atoms with Gasteiger partial charge in [-0.1, -0.05) is 12.2 Å². The van der Waals surface area contributed by atoms with E-state index in [1.54, 1.807) is 18.0 Å². The van der Waals surface area contributed by atoms with Crippen LogP contribution in [-0.4, -0.2) is 47.2 Å². The smallest absolute Gasteiger partial charge is 0.310 e. The molecule has 0 aromatic heterocycles. The minimum absolute atomic E-state index is 0.116. The van der Waals surface area contributed by atoms with Crippen molar-refractivity contribution in [1.82, 2.24) is 4.90 Å². The average molecular weight is 209 g/mol. The van der Waals surface area contributed by atoms with Crippen LogP contribution in [0.3, 0.4) is 0 Å². The van der Waals surface area contributed by atoms with Crippen molar-refractivity contribution in [2.24, 2.45) is 11.8 Å². The molecule has 5 heteroatoms. The van der Waals surface area contributed by atoms with E-state index in [4.69, 9.17) is 9.84 Å². The van der Waals surface area contributed by atoms with Crippen molar-refractivity contribution in [3.8, 4) is 0 Å². The molecule has 3 heterocycles. The minimum atomic E-state index is -0.945. The maximum absolute atomic E-state index is 11.8. The van der Waals surface area contributed by atoms with Gasteiger partial charge in [-0.3, -0.25) is 9.59 Å². The standard InChI is InChI=1S/C10H11NO4/c1-11-4-10-3-2-5(15-10)6(9(13)14)7(10)8(11)12/h2-3,5-7H,4H2,1H3,(H,13,14)/t5-,6-,7-,10-/m1/s1. The third-order valence-corrected chi connectivity index (χ3v) is 3.57. The second-order valence-corrected chi connectivity index (χ2v) is 4.43. The van der Waals surface area contributed by atoms with E-state index in [0.29, 0.717) is 6.54 Å². The molecule has 2 fully saturated rings. The van der Waals surface area contributed by atoms with Crippen LogP contribution in [0.1, 0.15) is 0 Å². The van der Waals surface area contributed by atoms with Gasteiger partial charge in [0.2, 0.25) is 5.91 Å². The molecule has 0 unspecified atom stereocenters. The topological polar surface area (TPSA) is 66.8 Å². The Kier molecular flexibility index (Phi) is 1.43. The van der Waals surface area contributed by atoms with Crippen molar-refractivity contribution in [3.05, 3.63) is 12.2 Å². The molecular weight excluding hydrogens is 198 g/mol. The van der Waals surface area contributed by atoms with Crippen LogP contribution < -0.4 is 0 Å². The predicted octanol–water partition coefficient (Wildman–Crippen LogP) is -0.517. The SMILES string of the molecule is CN1C[C@@]23C=C[C@@H](O2)[C@@H](C(=O)O)[C@@H]3C1=O. The number of amides is 1. The van der Waals surface area contributed by atoms with Crippen LogP contribution in [0.2, 0.25) is 0 Å². The molecule has 4 atom stereocenters. The van der Waals surface area contributed by atoms with Crippen molar-refractivity contribution >= 4 is 11.9 Å². The number of hydrogen-bond donors (Lipinski definition) is 1. The van der Waals surface area contributed by atoms with Gasteiger partial charge >= 0.3 is 5.97 Å². The van der Waals surface area contributed by atoms with E-state index in [1.165, 1.54) is 0 Å². The zero-order chi connectivity index (χ0) is 10.8. The van der Waals surface area contributed by atoms with Gasteiger partial charge in [0.25, 0.3) is 0 Å². The highest BCUT2D eigenvalue weighted by atomic mass is 16.5. The molecule has 0 aromatic carbocycles. The molecule has 0 radical (unpaired) electrons. The van der Waals surface area contributed by atoms with Gasteiger partial charge in [0, 0.05) is 7.05 Å². The fraction of sp³-hybridized carbons (Fsp3) is 0.600. The molecule has 1 N–H and O–H groups in total. The normalized spacial score (nSPS) is 46.3. The Hall–Kier alpha value is -1.36. The number of fused-ring (bicyclic) bond motifs is 1. The average Bonchev–Trinajstić information content (AvgIpc) is 2.75. The number of hydrogen-bond acceptors (Lipinski definition) is 3. The summed E-state index contributed by atoms with van der Waals surface area (Å²) in [6.07, 6.45) is 3.19. The highest BCUT2D eigenvalue weighted by Crippen LogP contribution is 2.51. The van der Waals surface area contributed by atoms with Gasteiger partial charge in [-0.15, -0.1) is 0 Å². The molecule has 3 aliphatic heterocycles. The van der Waals surface area contributed by atoms with Gasteiger partial charge in [0.05, 0.1) is 18.6 Å². The lowest BCUT2D eigenvalue weighted by Crippen LogP contribution is -2.38. The number of carbonyl (C=O) groups excluding carboxylic acids is 1. The number of nitrogens with zero attached hydrogens (tertiary/aromatic N) is 1. The molecule has 0 aromatic rings. The first-order chi connectivity index (χ1) is 7.05. The fourth-order valence-electron chi connectivity index (χ4n) is 2.97. The summed E-state index contributed by atoms with van der Waals surface area (Å²) in [5, 5.41) is 9.10. The first-order valence-corrected chi connectivity index (χ1v) is 4.90. The predicted molar refractivity (Wildman–Crippen MR) is 49.0 cm³/mol. The third-order valence-electron chi connectivity index (χ3n) is 3.57. The zero-order valence-electron chi connectivity index (χ0n) is 8.21. The summed E-state index contributed by atoms with van der Waals surface area (Å²) in [6, 6.07) is 0. The van der Waals surface area contributed by atoms with Crippen LogP contribution in [0.25, 0.3) is 0 Å². The van der Waals surface area contributed by atoms with Crippen LogP contribution in [-0.2, 0) is 14.3 Å². The molecule has 80 valence electrons. The lowest BCUT2D eigenvalue weighted by atomic mass is 9.77. The second-order valence-electron chi connectivity index (χ2n) is 4.43. The van der Waals surface area contributed by atoms with E-state index in [1.807, 2.05) is 6.08 Å². The molecule has 2 bridgehead atoms. The van der Waals surface area contributed by atoms with Crippen molar-refractivity contribution in [1.29, 1.82) is 0 Å². The molecule has 0 aliphatic carbocycles. The summed E-state index contributed by atoms with van der Waals surface area (Å²) in [5.41, 5.74) is -0.667. The van der Waals surface area contributed by atoms with Crippen LogP contribution >= 0.6 is 0 Å². The molecule has 5 nitrogen and oxygen atoms in total. The van der Waals surface area contributed by atoms with Crippen LogP contribution in [0.15, 0.2) is 12.2 Å². The first kappa shape index (κ1) is 8.91. The van der Waals surface area contributed by atoms with E-state index in [9.17, 15) is 9.59 Å². The van der Waals surface area contributed by atoms with Crippen molar-refractivity contribution in [2.75, 3.05) is 13.6 Å². The molecule has 15 heavy (non-hydrogen) atoms. The Morgan fingerprint density at radius 2 is 2.47 bits per heavy atom. The number of carboxylic acids is 1. The maximum atomic E-state index is 11.8. The van der Waals surface area contributed by atoms with Gasteiger partial charge in [-0.2, -0.15) is 0 Å². The van der Waals surface area contributed by atoms with Gasteiger partial charge in [-0.25, -0.2) is 0 Å². The van der Waals surface area contributed by atoms with E-state index >= 15 is 0 Å². The Bertz CT molecular complexity index is 391. The Labute approximate surface area is 86.3 Å². The minimum Gasteiger partial charge on any atom is -0.481 e. The summed E-state index contributed by atoms with van der Waals surface area (Å²) in [4.78, 5) is 24.5. The lowest BCUT2D eigenvalue weighted by molar-refractivity contribution is -0.147. The van der Waals surface area contributed by atoms with Gasteiger partial charge in [0.15, 0.2) is 0 Å². The van der Waals surface area contributed by atoms with E-state index < -0.39 is 29.5 Å². The van der Waals surface area contributed by atoms with Crippen molar-refractivity contribution < 1.29 is 19.4 Å². The molecule has 3 rings (SSSR count). The molecule has 1 amide bonds. The van der Waals surface area contributed by atoms with Gasteiger partial charge < -0.3 is 14.7 Å². The van der Waals surface area contributed by atoms with E-state index in [-0.39, 0.29) is 5.91 Å². The van der Waals surface area contributed by atoms with Crippen molar-refractivity contribution in [3.63, 3.8) is 0 Å². The largest absolute Gasteiger partial charge is 0.481 e. The number of aliphatic carboxylic acids is 1. The number of likely N-dealkylation sites (tertiary alicyclic amines) is 1. The summed E-state index contributed by atoms with van der Waals surface area (Å²) in [7, 11) is 1.68. The molecule has 3 aliphatic rings. The Balaban J connectivity index is 2.08. The highest BCUT2D eigenvalue weighted by Gasteiger charge is 2.66. The molecule has 0 saturated carbocycles. The molecular formula is C10H11NO4. The Morgan fingerprint density at radius 3 is 3.13 bits per heavy atom. The number of ether oxygens (including phenoxy) is 1. The number of carbonyl (C=O) groups is 2. The Morgan fingerprint density at radius 1 is 1.73 bits per heavy atom. The number of carboxylic acid groups (broad SMARTS) is 1. The summed E-state index contributed by atoms with van der Waals surface area (Å²) in [5.74, 6) is -2.31. The number of likely N-dealkylation sites (N-methyl/N-ethyl adjacent to an activating group) is 1. The first-order valence-electron chi connectivity index (χ1n) is 4.90. The van der Waals surface area contributed by atoms with Gasteiger partial charge in [-0.05, 0) is 0 Å². The summed E-state index contributed by atoms with van der Waals surface area (Å²) >= 11 is 0. The monoisotopic (exact) mass is 209 g/mol. The fourth-order valence-corrected chi connectivity index (χ4v) is 2.97. The third kappa shape index (κ3) is 0.866.